The number of carboxylic acid groups (broad SMARTS) is 2. The molecule has 8 N–H and O–H groups in total. The van der Waals surface area contributed by atoms with Crippen molar-refractivity contribution in [1.29, 1.82) is 0 Å². The van der Waals surface area contributed by atoms with Gasteiger partial charge in [-0.15, -0.1) is 0 Å². The lowest BCUT2D eigenvalue weighted by molar-refractivity contribution is -0.144. The van der Waals surface area contributed by atoms with E-state index in [0.29, 0.717) is 5.69 Å². The van der Waals surface area contributed by atoms with Crippen molar-refractivity contribution >= 4 is 42.3 Å². The van der Waals surface area contributed by atoms with Crippen LogP contribution in [0.1, 0.15) is 26.0 Å². The van der Waals surface area contributed by atoms with Crippen LogP contribution in [0.25, 0.3) is 0 Å². The average molecular weight is 473 g/mol. The summed E-state index contributed by atoms with van der Waals surface area (Å²) in [4.78, 5) is 66.4. The molecule has 0 spiro atoms. The molecule has 4 atom stereocenters. The van der Waals surface area contributed by atoms with Crippen molar-refractivity contribution in [2.75, 3.05) is 5.75 Å². The first-order valence-corrected chi connectivity index (χ1v) is 10.3. The second-order valence-electron chi connectivity index (χ2n) is 7.36. The van der Waals surface area contributed by atoms with Crippen molar-refractivity contribution in [2.45, 2.75) is 50.9 Å². The molecule has 14 heteroatoms. The molecule has 1 rings (SSSR count). The van der Waals surface area contributed by atoms with E-state index in [1.54, 1.807) is 13.8 Å². The second kappa shape index (κ2) is 12.7. The number of aliphatic carboxylic acids is 2. The summed E-state index contributed by atoms with van der Waals surface area (Å²) in [6.45, 7) is 3.19. The lowest BCUT2D eigenvalue weighted by atomic mass is 10.0. The van der Waals surface area contributed by atoms with Gasteiger partial charge in [0.15, 0.2) is 0 Å². The van der Waals surface area contributed by atoms with Gasteiger partial charge >= 0.3 is 11.9 Å². The van der Waals surface area contributed by atoms with E-state index in [9.17, 15) is 29.1 Å². The maximum atomic E-state index is 12.6. The number of imidazole rings is 1. The van der Waals surface area contributed by atoms with Gasteiger partial charge in [0.1, 0.15) is 18.1 Å². The van der Waals surface area contributed by atoms with Crippen molar-refractivity contribution in [2.24, 2.45) is 11.7 Å². The molecule has 0 aliphatic heterocycles. The number of thiol groups is 1. The molecule has 1 heterocycles. The summed E-state index contributed by atoms with van der Waals surface area (Å²) in [7, 11) is 0. The number of H-pyrrole nitrogens is 1. The number of hydrogen-bond donors (Lipinski definition) is 8. The molecule has 0 saturated carbocycles. The van der Waals surface area contributed by atoms with Crippen LogP contribution in [0.2, 0.25) is 0 Å². The summed E-state index contributed by atoms with van der Waals surface area (Å²) in [6.07, 6.45) is 2.17. The molecule has 0 saturated heterocycles. The summed E-state index contributed by atoms with van der Waals surface area (Å²) in [5.74, 6) is -5.80. The van der Waals surface area contributed by atoms with Crippen molar-refractivity contribution in [1.82, 2.24) is 25.9 Å². The Morgan fingerprint density at radius 1 is 1.06 bits per heavy atom. The minimum absolute atomic E-state index is 0.0701. The maximum absolute atomic E-state index is 12.6. The van der Waals surface area contributed by atoms with Crippen LogP contribution < -0.4 is 21.7 Å². The zero-order chi connectivity index (χ0) is 24.4. The first-order valence-electron chi connectivity index (χ1n) is 9.65. The summed E-state index contributed by atoms with van der Waals surface area (Å²) in [5.41, 5.74) is 6.37. The number of nitrogens with one attached hydrogen (secondary N) is 4. The smallest absolute Gasteiger partial charge is 0.326 e. The molecule has 0 aliphatic rings. The quantitative estimate of drug-likeness (QED) is 0.147. The third kappa shape index (κ3) is 8.55. The molecule has 0 fully saturated rings. The minimum Gasteiger partial charge on any atom is -0.481 e. The number of amides is 3. The number of carboxylic acids is 2. The van der Waals surface area contributed by atoms with E-state index in [2.05, 4.69) is 38.5 Å². The standard InChI is InChI=1S/C18H28N6O7S/c1-8(2)14(18(30)31)24-17(29)12(6-32)23-16(28)11(4-13(25)26)22-15(27)10(19)3-9-5-20-7-21-9/h5,7-8,10-12,14,32H,3-4,6,19H2,1-2H3,(H,20,21)(H,22,27)(H,23,28)(H,24,29)(H,25,26)(H,30,31). The van der Waals surface area contributed by atoms with Gasteiger partial charge in [-0.05, 0) is 5.92 Å². The van der Waals surface area contributed by atoms with Crippen LogP contribution in [0.5, 0.6) is 0 Å². The van der Waals surface area contributed by atoms with E-state index < -0.39 is 66.2 Å². The average Bonchev–Trinajstić information content (AvgIpc) is 3.21. The number of hydrogen-bond acceptors (Lipinski definition) is 8. The van der Waals surface area contributed by atoms with Gasteiger partial charge in [0, 0.05) is 24.1 Å². The highest BCUT2D eigenvalue weighted by Crippen LogP contribution is 2.04. The van der Waals surface area contributed by atoms with Gasteiger partial charge in [0.05, 0.1) is 18.8 Å². The number of nitrogens with zero attached hydrogens (tertiary/aromatic N) is 1. The molecule has 0 aromatic carbocycles. The summed E-state index contributed by atoms with van der Waals surface area (Å²) < 4.78 is 0. The summed E-state index contributed by atoms with van der Waals surface area (Å²) in [6, 6.07) is -5.08. The number of rotatable bonds is 13. The van der Waals surface area contributed by atoms with E-state index in [0.717, 1.165) is 0 Å². The van der Waals surface area contributed by atoms with Crippen LogP contribution in [0.4, 0.5) is 0 Å². The Kier molecular flexibility index (Phi) is 10.6. The molecule has 3 amide bonds. The van der Waals surface area contributed by atoms with E-state index in [1.165, 1.54) is 12.5 Å². The normalized spacial score (nSPS) is 14.7. The Morgan fingerprint density at radius 3 is 2.12 bits per heavy atom. The SMILES string of the molecule is CC(C)C(NC(=O)C(CS)NC(=O)C(CC(=O)O)NC(=O)C(N)Cc1cnc[nH]1)C(=O)O. The second-order valence-corrected chi connectivity index (χ2v) is 7.72. The number of aromatic amines is 1. The monoisotopic (exact) mass is 472 g/mol. The van der Waals surface area contributed by atoms with Crippen LogP contribution >= 0.6 is 12.6 Å². The van der Waals surface area contributed by atoms with E-state index in [-0.39, 0.29) is 12.2 Å². The molecule has 4 unspecified atom stereocenters. The summed E-state index contributed by atoms with van der Waals surface area (Å²) in [5, 5.41) is 25.2. The molecule has 13 nitrogen and oxygen atoms in total. The Hall–Kier alpha value is -3.13. The maximum Gasteiger partial charge on any atom is 0.326 e. The molecule has 1 aromatic heterocycles. The lowest BCUT2D eigenvalue weighted by Gasteiger charge is -2.24. The molecule has 1 aromatic rings. The number of carbonyl (C=O) groups is 5. The van der Waals surface area contributed by atoms with Crippen LogP contribution in [0.3, 0.4) is 0 Å². The van der Waals surface area contributed by atoms with E-state index >= 15 is 0 Å². The minimum atomic E-state index is -1.52. The van der Waals surface area contributed by atoms with Gasteiger partial charge in [-0.2, -0.15) is 12.6 Å². The fraction of sp³-hybridized carbons (Fsp3) is 0.556. The molecule has 32 heavy (non-hydrogen) atoms. The topological polar surface area (TPSA) is 217 Å². The van der Waals surface area contributed by atoms with E-state index in [4.69, 9.17) is 10.8 Å². The Labute approximate surface area is 189 Å². The zero-order valence-corrected chi connectivity index (χ0v) is 18.5. The zero-order valence-electron chi connectivity index (χ0n) is 17.6. The number of aromatic nitrogens is 2. The van der Waals surface area contributed by atoms with Gasteiger partial charge < -0.3 is 36.9 Å². The van der Waals surface area contributed by atoms with E-state index in [1.807, 2.05) is 0 Å². The number of carbonyl (C=O) groups excluding carboxylic acids is 3. The van der Waals surface area contributed by atoms with Crippen molar-refractivity contribution in [3.05, 3.63) is 18.2 Å². The fourth-order valence-corrected chi connectivity index (χ4v) is 2.88. The predicted molar refractivity (Wildman–Crippen MR) is 115 cm³/mol. The van der Waals surface area contributed by atoms with Gasteiger partial charge in [0.25, 0.3) is 0 Å². The number of nitrogens with two attached hydrogens (primary N) is 1. The first-order chi connectivity index (χ1) is 15.0. The van der Waals surface area contributed by atoms with Crippen LogP contribution in [-0.2, 0) is 30.4 Å². The molecular weight excluding hydrogens is 444 g/mol. The Morgan fingerprint density at radius 2 is 1.66 bits per heavy atom. The highest BCUT2D eigenvalue weighted by Gasteiger charge is 2.31. The van der Waals surface area contributed by atoms with Crippen LogP contribution in [0.15, 0.2) is 12.5 Å². The predicted octanol–water partition coefficient (Wildman–Crippen LogP) is -2.12. The fourth-order valence-electron chi connectivity index (χ4n) is 2.62. The lowest BCUT2D eigenvalue weighted by Crippen LogP contribution is -2.58. The molecular formula is C18H28N6O7S. The molecule has 178 valence electrons. The Balaban J connectivity index is 2.83. The third-order valence-corrected chi connectivity index (χ3v) is 4.75. The van der Waals surface area contributed by atoms with Crippen LogP contribution in [-0.4, -0.2) is 79.8 Å². The van der Waals surface area contributed by atoms with Gasteiger partial charge in [0.2, 0.25) is 17.7 Å². The Bertz CT molecular complexity index is 817. The van der Waals surface area contributed by atoms with Crippen molar-refractivity contribution in [3.8, 4) is 0 Å². The molecule has 0 radical (unpaired) electrons. The first kappa shape index (κ1) is 26.9. The van der Waals surface area contributed by atoms with Gasteiger partial charge in [-0.1, -0.05) is 13.8 Å². The third-order valence-electron chi connectivity index (χ3n) is 4.39. The highest BCUT2D eigenvalue weighted by molar-refractivity contribution is 7.80. The van der Waals surface area contributed by atoms with Gasteiger partial charge in [-0.3, -0.25) is 19.2 Å². The van der Waals surface area contributed by atoms with Crippen molar-refractivity contribution in [3.63, 3.8) is 0 Å². The molecule has 0 aliphatic carbocycles. The van der Waals surface area contributed by atoms with Crippen molar-refractivity contribution < 1.29 is 34.2 Å². The van der Waals surface area contributed by atoms with Gasteiger partial charge in [-0.25, -0.2) is 9.78 Å². The molecule has 0 bridgehead atoms. The largest absolute Gasteiger partial charge is 0.481 e. The highest BCUT2D eigenvalue weighted by atomic mass is 32.1. The summed E-state index contributed by atoms with van der Waals surface area (Å²) >= 11 is 3.99. The van der Waals surface area contributed by atoms with Crippen LogP contribution in [0, 0.1) is 5.92 Å².